The lowest BCUT2D eigenvalue weighted by atomic mass is 10.1. The highest BCUT2D eigenvalue weighted by Crippen LogP contribution is 2.33. The molecule has 3 rings (SSSR count). The fourth-order valence-electron chi connectivity index (χ4n) is 2.97. The Morgan fingerprint density at radius 2 is 2.11 bits per heavy atom. The maximum Gasteiger partial charge on any atom is 0.416 e. The number of carbonyl (C=O) groups is 1. The Morgan fingerprint density at radius 3 is 2.78 bits per heavy atom. The van der Waals surface area contributed by atoms with Crippen LogP contribution in [0.25, 0.3) is 10.6 Å². The lowest BCUT2D eigenvalue weighted by Gasteiger charge is -2.15. The molecule has 1 saturated heterocycles. The molecular formula is C17H20Cl2F3N3OS. The van der Waals surface area contributed by atoms with Crippen LogP contribution in [-0.2, 0) is 6.18 Å². The Kier molecular flexibility index (Phi) is 8.53. The van der Waals surface area contributed by atoms with Crippen LogP contribution in [-0.4, -0.2) is 42.5 Å². The van der Waals surface area contributed by atoms with Crippen molar-refractivity contribution in [1.82, 2.24) is 15.2 Å². The monoisotopic (exact) mass is 441 g/mol. The number of halogens is 5. The van der Waals surface area contributed by atoms with Gasteiger partial charge in [0, 0.05) is 24.0 Å². The number of aromatic nitrogens is 1. The standard InChI is InChI=1S/C17H18F3N3OS.2ClH/c1-21-8-11-5-6-23(9-11)16(24)14-10-25-15(22-14)12-3-2-4-13(7-12)17(18,19)20;;/h2-4,7,10-11,21H,5-6,8-9H2,1H3;2*1H. The largest absolute Gasteiger partial charge is 0.416 e. The second kappa shape index (κ2) is 9.73. The van der Waals surface area contributed by atoms with Gasteiger partial charge in [0.15, 0.2) is 0 Å². The molecular weight excluding hydrogens is 422 g/mol. The van der Waals surface area contributed by atoms with E-state index in [1.165, 1.54) is 17.4 Å². The average molecular weight is 442 g/mol. The molecule has 1 aromatic heterocycles. The third kappa shape index (κ3) is 5.57. The Bertz CT molecular complexity index is 770. The molecule has 1 unspecified atom stereocenters. The summed E-state index contributed by atoms with van der Waals surface area (Å²) in [5, 5.41) is 5.14. The molecule has 1 aromatic carbocycles. The highest BCUT2D eigenvalue weighted by atomic mass is 35.5. The van der Waals surface area contributed by atoms with E-state index >= 15 is 0 Å². The molecule has 0 aliphatic carbocycles. The third-order valence-electron chi connectivity index (χ3n) is 4.23. The zero-order chi connectivity index (χ0) is 18.0. The van der Waals surface area contributed by atoms with E-state index in [0.717, 1.165) is 25.1 Å². The third-order valence-corrected chi connectivity index (χ3v) is 5.12. The number of benzene rings is 1. The van der Waals surface area contributed by atoms with Gasteiger partial charge in [-0.2, -0.15) is 13.2 Å². The molecule has 2 heterocycles. The zero-order valence-electron chi connectivity index (χ0n) is 14.5. The van der Waals surface area contributed by atoms with E-state index in [1.807, 2.05) is 7.05 Å². The maximum atomic E-state index is 12.8. The van der Waals surface area contributed by atoms with Crippen LogP contribution in [0, 0.1) is 5.92 Å². The topological polar surface area (TPSA) is 45.2 Å². The number of likely N-dealkylation sites (tertiary alicyclic amines) is 1. The second-order valence-corrected chi connectivity index (χ2v) is 6.94. The van der Waals surface area contributed by atoms with E-state index in [9.17, 15) is 18.0 Å². The van der Waals surface area contributed by atoms with Crippen molar-refractivity contribution >= 4 is 42.1 Å². The number of amides is 1. The summed E-state index contributed by atoms with van der Waals surface area (Å²) in [5.74, 6) is 0.267. The van der Waals surface area contributed by atoms with Gasteiger partial charge >= 0.3 is 6.18 Å². The number of hydrogen-bond acceptors (Lipinski definition) is 4. The van der Waals surface area contributed by atoms with Gasteiger partial charge in [0.1, 0.15) is 10.7 Å². The van der Waals surface area contributed by atoms with Crippen molar-refractivity contribution in [3.05, 3.63) is 40.9 Å². The molecule has 0 saturated carbocycles. The number of thiazole rings is 1. The summed E-state index contributed by atoms with van der Waals surface area (Å²) < 4.78 is 38.5. The Morgan fingerprint density at radius 1 is 1.37 bits per heavy atom. The molecule has 1 atom stereocenters. The molecule has 150 valence electrons. The smallest absolute Gasteiger partial charge is 0.337 e. The molecule has 1 aliphatic rings. The van der Waals surface area contributed by atoms with Crippen LogP contribution in [0.4, 0.5) is 13.2 Å². The molecule has 2 aromatic rings. The van der Waals surface area contributed by atoms with Crippen molar-refractivity contribution in [2.75, 3.05) is 26.7 Å². The number of alkyl halides is 3. The summed E-state index contributed by atoms with van der Waals surface area (Å²) in [6, 6.07) is 5.01. The van der Waals surface area contributed by atoms with E-state index in [0.29, 0.717) is 35.3 Å². The summed E-state index contributed by atoms with van der Waals surface area (Å²) >= 11 is 1.18. The lowest BCUT2D eigenvalue weighted by Crippen LogP contribution is -2.30. The number of carbonyl (C=O) groups excluding carboxylic acids is 1. The molecule has 1 fully saturated rings. The highest BCUT2D eigenvalue weighted by Gasteiger charge is 2.31. The Hall–Kier alpha value is -1.35. The second-order valence-electron chi connectivity index (χ2n) is 6.08. The maximum absolute atomic E-state index is 12.8. The zero-order valence-corrected chi connectivity index (χ0v) is 16.9. The fourth-order valence-corrected chi connectivity index (χ4v) is 3.76. The van der Waals surface area contributed by atoms with Crippen LogP contribution in [0.5, 0.6) is 0 Å². The van der Waals surface area contributed by atoms with Crippen LogP contribution >= 0.6 is 36.2 Å². The number of hydrogen-bond donors (Lipinski definition) is 1. The first-order valence-corrected chi connectivity index (χ1v) is 8.83. The van der Waals surface area contributed by atoms with Gasteiger partial charge in [-0.3, -0.25) is 4.79 Å². The van der Waals surface area contributed by atoms with Gasteiger partial charge < -0.3 is 10.2 Å². The van der Waals surface area contributed by atoms with Crippen molar-refractivity contribution in [2.45, 2.75) is 12.6 Å². The van der Waals surface area contributed by atoms with Gasteiger partial charge in [-0.1, -0.05) is 12.1 Å². The molecule has 1 N–H and O–H groups in total. The van der Waals surface area contributed by atoms with Crippen LogP contribution in [0.1, 0.15) is 22.5 Å². The molecule has 0 radical (unpaired) electrons. The average Bonchev–Trinajstić information content (AvgIpc) is 3.23. The SMILES string of the molecule is CNCC1CCN(C(=O)c2csc(-c3cccc(C(F)(F)F)c3)n2)C1.Cl.Cl. The highest BCUT2D eigenvalue weighted by molar-refractivity contribution is 7.13. The van der Waals surface area contributed by atoms with Gasteiger partial charge in [0.05, 0.1) is 5.56 Å². The molecule has 10 heteroatoms. The van der Waals surface area contributed by atoms with E-state index in [1.54, 1.807) is 16.3 Å². The summed E-state index contributed by atoms with van der Waals surface area (Å²) in [5.41, 5.74) is -0.0570. The van der Waals surface area contributed by atoms with Gasteiger partial charge in [-0.15, -0.1) is 36.2 Å². The molecule has 1 amide bonds. The minimum Gasteiger partial charge on any atom is -0.337 e. The minimum atomic E-state index is -4.40. The van der Waals surface area contributed by atoms with E-state index in [-0.39, 0.29) is 30.7 Å². The predicted molar refractivity (Wildman–Crippen MR) is 105 cm³/mol. The van der Waals surface area contributed by atoms with Crippen LogP contribution in [0.15, 0.2) is 29.6 Å². The summed E-state index contributed by atoms with van der Waals surface area (Å²) in [6.07, 6.45) is -3.46. The predicted octanol–water partition coefficient (Wildman–Crippen LogP) is 4.35. The van der Waals surface area contributed by atoms with Crippen LogP contribution in [0.3, 0.4) is 0 Å². The van der Waals surface area contributed by atoms with Gasteiger partial charge in [-0.25, -0.2) is 4.98 Å². The van der Waals surface area contributed by atoms with E-state index < -0.39 is 11.7 Å². The summed E-state index contributed by atoms with van der Waals surface area (Å²) in [7, 11) is 1.88. The minimum absolute atomic E-state index is 0. The molecule has 4 nitrogen and oxygen atoms in total. The van der Waals surface area contributed by atoms with E-state index in [2.05, 4.69) is 10.3 Å². The van der Waals surface area contributed by atoms with Crippen molar-refractivity contribution in [2.24, 2.45) is 5.92 Å². The van der Waals surface area contributed by atoms with Gasteiger partial charge in [0.25, 0.3) is 5.91 Å². The van der Waals surface area contributed by atoms with Gasteiger partial charge in [0.2, 0.25) is 0 Å². The number of nitrogens with zero attached hydrogens (tertiary/aromatic N) is 2. The Balaban J connectivity index is 0.00000182. The molecule has 0 bridgehead atoms. The van der Waals surface area contributed by atoms with Crippen molar-refractivity contribution in [3.8, 4) is 10.6 Å². The van der Waals surface area contributed by atoms with Gasteiger partial charge in [-0.05, 0) is 38.1 Å². The van der Waals surface area contributed by atoms with Crippen molar-refractivity contribution in [1.29, 1.82) is 0 Å². The number of nitrogens with one attached hydrogen (secondary N) is 1. The first-order valence-electron chi connectivity index (χ1n) is 7.95. The molecule has 1 aliphatic heterocycles. The number of rotatable bonds is 4. The van der Waals surface area contributed by atoms with Crippen LogP contribution < -0.4 is 5.32 Å². The molecule has 27 heavy (non-hydrogen) atoms. The normalized spacial score (nSPS) is 16.6. The fraction of sp³-hybridized carbons (Fsp3) is 0.412. The quantitative estimate of drug-likeness (QED) is 0.766. The first kappa shape index (κ1) is 23.7. The van der Waals surface area contributed by atoms with Crippen LogP contribution in [0.2, 0.25) is 0 Å². The lowest BCUT2D eigenvalue weighted by molar-refractivity contribution is -0.137. The first-order chi connectivity index (χ1) is 11.9. The van der Waals surface area contributed by atoms with E-state index in [4.69, 9.17) is 0 Å². The summed E-state index contributed by atoms with van der Waals surface area (Å²) in [4.78, 5) is 18.6. The van der Waals surface area contributed by atoms with Crippen molar-refractivity contribution < 1.29 is 18.0 Å². The summed E-state index contributed by atoms with van der Waals surface area (Å²) in [6.45, 7) is 2.22. The van der Waals surface area contributed by atoms with Crippen molar-refractivity contribution in [3.63, 3.8) is 0 Å². The Labute approximate surface area is 172 Å². The molecule has 0 spiro atoms.